The molecule has 144 valence electrons. The summed E-state index contributed by atoms with van der Waals surface area (Å²) in [6.45, 7) is 0.814. The van der Waals surface area contributed by atoms with Crippen molar-refractivity contribution in [1.29, 1.82) is 0 Å². The molecular weight excluding hydrogens is 384 g/mol. The van der Waals surface area contributed by atoms with Crippen molar-refractivity contribution in [3.05, 3.63) is 59.7 Å². The minimum absolute atomic E-state index is 0.204. The second kappa shape index (κ2) is 8.88. The molecule has 3 N–H and O–H groups in total. The number of benzene rings is 2. The molecular formula is C19H22N2O4S2. The van der Waals surface area contributed by atoms with Gasteiger partial charge in [-0.2, -0.15) is 0 Å². The fourth-order valence-electron chi connectivity index (χ4n) is 2.85. The molecule has 1 aliphatic rings. The summed E-state index contributed by atoms with van der Waals surface area (Å²) < 4.78 is 27.9. The highest BCUT2D eigenvalue weighted by molar-refractivity contribution is 7.99. The zero-order valence-electron chi connectivity index (χ0n) is 14.8. The van der Waals surface area contributed by atoms with Crippen LogP contribution in [0, 0.1) is 0 Å². The standard InChI is InChI=1S/C19H22N2O4S2/c20-27(23,24)13-14-7-9-15(10-8-14)21-19(22)17-5-1-2-6-18(17)26-12-16-4-3-11-25-16/h1-2,5-10,16H,3-4,11-13H2,(H,21,22)(H2,20,23,24). The molecule has 0 aliphatic carbocycles. The number of primary sulfonamides is 1. The van der Waals surface area contributed by atoms with E-state index in [4.69, 9.17) is 9.88 Å². The number of carbonyl (C=O) groups is 1. The van der Waals surface area contributed by atoms with Gasteiger partial charge in [-0.05, 0) is 42.7 Å². The van der Waals surface area contributed by atoms with Crippen LogP contribution in [0.1, 0.15) is 28.8 Å². The van der Waals surface area contributed by atoms with Gasteiger partial charge >= 0.3 is 0 Å². The van der Waals surface area contributed by atoms with Crippen LogP contribution >= 0.6 is 11.8 Å². The molecule has 1 unspecified atom stereocenters. The molecule has 2 aromatic rings. The van der Waals surface area contributed by atoms with Gasteiger partial charge in [0, 0.05) is 22.9 Å². The summed E-state index contributed by atoms with van der Waals surface area (Å²) in [7, 11) is -3.58. The zero-order chi connectivity index (χ0) is 19.3. The summed E-state index contributed by atoms with van der Waals surface area (Å²) in [5.74, 6) is 0.390. The Hall–Kier alpha value is -1.87. The SMILES string of the molecule is NS(=O)(=O)Cc1ccc(NC(=O)c2ccccc2SCC2CCCO2)cc1. The zero-order valence-corrected chi connectivity index (χ0v) is 16.4. The summed E-state index contributed by atoms with van der Waals surface area (Å²) in [5, 5.41) is 7.90. The number of amides is 1. The van der Waals surface area contributed by atoms with Crippen LogP contribution in [0.2, 0.25) is 0 Å². The Kier molecular flexibility index (Phi) is 6.54. The first-order chi connectivity index (χ1) is 12.9. The first-order valence-corrected chi connectivity index (χ1v) is 11.3. The summed E-state index contributed by atoms with van der Waals surface area (Å²) >= 11 is 1.63. The van der Waals surface area contributed by atoms with E-state index in [-0.39, 0.29) is 17.8 Å². The van der Waals surface area contributed by atoms with Gasteiger partial charge in [-0.25, -0.2) is 13.6 Å². The van der Waals surface area contributed by atoms with Crippen LogP contribution in [0.15, 0.2) is 53.4 Å². The Morgan fingerprint density at radius 3 is 2.59 bits per heavy atom. The van der Waals surface area contributed by atoms with Crippen molar-refractivity contribution in [3.63, 3.8) is 0 Å². The smallest absolute Gasteiger partial charge is 0.256 e. The van der Waals surface area contributed by atoms with Gasteiger partial charge in [-0.15, -0.1) is 11.8 Å². The number of sulfonamides is 1. The van der Waals surface area contributed by atoms with E-state index in [1.54, 1.807) is 42.1 Å². The average Bonchev–Trinajstić information content (AvgIpc) is 3.14. The van der Waals surface area contributed by atoms with Crippen molar-refractivity contribution in [1.82, 2.24) is 0 Å². The quantitative estimate of drug-likeness (QED) is 0.689. The van der Waals surface area contributed by atoms with Gasteiger partial charge in [0.25, 0.3) is 5.91 Å². The second-order valence-corrected chi connectivity index (χ2v) is 9.08. The molecule has 2 aromatic carbocycles. The molecule has 3 rings (SSSR count). The molecule has 6 nitrogen and oxygen atoms in total. The molecule has 1 heterocycles. The minimum atomic E-state index is -3.58. The lowest BCUT2D eigenvalue weighted by atomic mass is 10.2. The van der Waals surface area contributed by atoms with Gasteiger partial charge in [-0.1, -0.05) is 24.3 Å². The number of nitrogens with one attached hydrogen (secondary N) is 1. The van der Waals surface area contributed by atoms with E-state index in [9.17, 15) is 13.2 Å². The van der Waals surface area contributed by atoms with E-state index < -0.39 is 10.0 Å². The van der Waals surface area contributed by atoms with Gasteiger partial charge in [0.15, 0.2) is 0 Å². The van der Waals surface area contributed by atoms with Crippen molar-refractivity contribution < 1.29 is 17.9 Å². The van der Waals surface area contributed by atoms with Crippen molar-refractivity contribution in [2.75, 3.05) is 17.7 Å². The predicted molar refractivity (Wildman–Crippen MR) is 107 cm³/mol. The Labute approximate surface area is 163 Å². The Bertz CT molecular complexity index is 892. The molecule has 8 heteroatoms. The van der Waals surface area contributed by atoms with Crippen molar-refractivity contribution in [2.24, 2.45) is 5.14 Å². The van der Waals surface area contributed by atoms with Gasteiger partial charge in [0.2, 0.25) is 10.0 Å². The van der Waals surface area contributed by atoms with E-state index in [1.807, 2.05) is 18.2 Å². The van der Waals surface area contributed by atoms with Crippen molar-refractivity contribution in [3.8, 4) is 0 Å². The fourth-order valence-corrected chi connectivity index (χ4v) is 4.63. The molecule has 0 bridgehead atoms. The molecule has 27 heavy (non-hydrogen) atoms. The van der Waals surface area contributed by atoms with Gasteiger partial charge in [0.1, 0.15) is 0 Å². The van der Waals surface area contributed by atoms with E-state index in [1.165, 1.54) is 0 Å². The van der Waals surface area contributed by atoms with E-state index in [0.29, 0.717) is 16.8 Å². The maximum atomic E-state index is 12.7. The summed E-state index contributed by atoms with van der Waals surface area (Å²) in [6.07, 6.45) is 2.40. The van der Waals surface area contributed by atoms with E-state index >= 15 is 0 Å². The highest BCUT2D eigenvalue weighted by atomic mass is 32.2. The number of rotatable bonds is 7. The molecule has 0 aromatic heterocycles. The number of carbonyl (C=O) groups excluding carboxylic acids is 1. The molecule has 1 fully saturated rings. The van der Waals surface area contributed by atoms with Gasteiger partial charge in [-0.3, -0.25) is 4.79 Å². The van der Waals surface area contributed by atoms with Crippen LogP contribution in [-0.2, 0) is 20.5 Å². The summed E-state index contributed by atoms with van der Waals surface area (Å²) in [6, 6.07) is 14.1. The largest absolute Gasteiger partial charge is 0.377 e. The monoisotopic (exact) mass is 406 g/mol. The van der Waals surface area contributed by atoms with E-state index in [0.717, 1.165) is 30.1 Å². The fraction of sp³-hybridized carbons (Fsp3) is 0.316. The lowest BCUT2D eigenvalue weighted by Gasteiger charge is -2.12. The number of nitrogens with two attached hydrogens (primary N) is 1. The average molecular weight is 407 g/mol. The number of hydrogen-bond acceptors (Lipinski definition) is 5. The Morgan fingerprint density at radius 2 is 1.93 bits per heavy atom. The van der Waals surface area contributed by atoms with Crippen LogP contribution < -0.4 is 10.5 Å². The molecule has 1 amide bonds. The van der Waals surface area contributed by atoms with Crippen LogP contribution in [0.4, 0.5) is 5.69 Å². The topological polar surface area (TPSA) is 98.5 Å². The highest BCUT2D eigenvalue weighted by Gasteiger charge is 2.18. The third-order valence-electron chi connectivity index (χ3n) is 4.16. The molecule has 1 saturated heterocycles. The highest BCUT2D eigenvalue weighted by Crippen LogP contribution is 2.27. The van der Waals surface area contributed by atoms with Gasteiger partial charge in [0.05, 0.1) is 17.4 Å². The first-order valence-electron chi connectivity index (χ1n) is 8.65. The Balaban J connectivity index is 1.65. The van der Waals surface area contributed by atoms with Gasteiger partial charge < -0.3 is 10.1 Å². The minimum Gasteiger partial charge on any atom is -0.377 e. The number of thioether (sulfide) groups is 1. The lowest BCUT2D eigenvalue weighted by molar-refractivity contribution is 0.102. The third kappa shape index (κ3) is 6.07. The summed E-state index contributed by atoms with van der Waals surface area (Å²) in [4.78, 5) is 13.6. The molecule has 0 spiro atoms. The molecule has 1 aliphatic heterocycles. The summed E-state index contributed by atoms with van der Waals surface area (Å²) in [5.41, 5.74) is 1.77. The first kappa shape index (κ1) is 19.9. The van der Waals surface area contributed by atoms with Crippen molar-refractivity contribution in [2.45, 2.75) is 29.6 Å². The van der Waals surface area contributed by atoms with Crippen LogP contribution in [0.3, 0.4) is 0 Å². The maximum Gasteiger partial charge on any atom is 0.256 e. The number of ether oxygens (including phenoxy) is 1. The predicted octanol–water partition coefficient (Wildman–Crippen LogP) is 3.00. The second-order valence-electron chi connectivity index (χ2n) is 6.40. The molecule has 0 radical (unpaired) electrons. The normalized spacial score (nSPS) is 17.0. The molecule has 1 atom stereocenters. The lowest BCUT2D eigenvalue weighted by Crippen LogP contribution is -2.15. The number of hydrogen-bond donors (Lipinski definition) is 2. The molecule has 0 saturated carbocycles. The number of anilines is 1. The third-order valence-corrected chi connectivity index (χ3v) is 6.10. The Morgan fingerprint density at radius 1 is 1.19 bits per heavy atom. The maximum absolute atomic E-state index is 12.7. The van der Waals surface area contributed by atoms with Crippen molar-refractivity contribution >= 4 is 33.4 Å². The van der Waals surface area contributed by atoms with E-state index in [2.05, 4.69) is 5.32 Å². The van der Waals surface area contributed by atoms with Crippen LogP contribution in [0.25, 0.3) is 0 Å². The van der Waals surface area contributed by atoms with Crippen LogP contribution in [-0.4, -0.2) is 32.8 Å². The van der Waals surface area contributed by atoms with Crippen LogP contribution in [0.5, 0.6) is 0 Å².